The van der Waals surface area contributed by atoms with Crippen LogP contribution in [0.3, 0.4) is 0 Å². The molecule has 0 aliphatic heterocycles. The van der Waals surface area contributed by atoms with Gasteiger partial charge in [0.15, 0.2) is 11.4 Å². The molecule has 45 heavy (non-hydrogen) atoms. The number of likely N-dealkylation sites (N-methyl/N-ethyl adjacent to an activating group) is 2. The summed E-state index contributed by atoms with van der Waals surface area (Å²) in [6.07, 6.45) is 0.684. The largest absolute Gasteiger partial charge is 0.343 e. The maximum atomic E-state index is 13.3. The topological polar surface area (TPSA) is 71.8 Å². The van der Waals surface area contributed by atoms with Crippen molar-refractivity contribution in [3.63, 3.8) is 0 Å². The highest BCUT2D eigenvalue weighted by atomic mass is 16.2. The van der Waals surface area contributed by atoms with E-state index >= 15 is 0 Å². The summed E-state index contributed by atoms with van der Waals surface area (Å²) < 4.78 is 0. The van der Waals surface area contributed by atoms with Gasteiger partial charge in [0.2, 0.25) is 0 Å². The number of hydrogen-bond acceptors (Lipinski definition) is 6. The molecule has 4 rings (SSSR count). The molecule has 0 N–H and O–H groups in total. The maximum Gasteiger partial charge on any atom is 0.274 e. The number of carbonyl (C=O) groups is 2. The van der Waals surface area contributed by atoms with Crippen molar-refractivity contribution in [2.24, 2.45) is 10.2 Å². The molecule has 0 atom stereocenters. The van der Waals surface area contributed by atoms with Gasteiger partial charge in [0.25, 0.3) is 11.8 Å². The Morgan fingerprint density at radius 1 is 0.489 bits per heavy atom. The summed E-state index contributed by atoms with van der Waals surface area (Å²) in [4.78, 5) is 29.7. The zero-order valence-corrected chi connectivity index (χ0v) is 26.6. The summed E-state index contributed by atoms with van der Waals surface area (Å²) in [7, 11) is 6.95. The molecular formula is C37H42N6O2. The summed E-state index contributed by atoms with van der Waals surface area (Å²) >= 11 is 0. The second-order valence-corrected chi connectivity index (χ2v) is 11.1. The highest BCUT2D eigenvalue weighted by molar-refractivity contribution is 6.45. The first-order valence-electron chi connectivity index (χ1n) is 15.1. The highest BCUT2D eigenvalue weighted by Gasteiger charge is 2.20. The van der Waals surface area contributed by atoms with E-state index in [9.17, 15) is 9.59 Å². The summed E-state index contributed by atoms with van der Waals surface area (Å²) in [6, 6.07) is 39.3. The van der Waals surface area contributed by atoms with Crippen molar-refractivity contribution in [2.75, 3.05) is 41.3 Å². The number of hydrazone groups is 2. The summed E-state index contributed by atoms with van der Waals surface area (Å²) in [5, 5.41) is 13.8. The molecule has 0 aromatic heterocycles. The van der Waals surface area contributed by atoms with Gasteiger partial charge in [-0.2, -0.15) is 10.2 Å². The molecule has 0 saturated heterocycles. The quantitative estimate of drug-likeness (QED) is 0.144. The van der Waals surface area contributed by atoms with Crippen LogP contribution < -0.4 is 0 Å². The van der Waals surface area contributed by atoms with Crippen LogP contribution in [0.4, 0.5) is 0 Å². The predicted molar refractivity (Wildman–Crippen MR) is 182 cm³/mol. The molecule has 2 amide bonds. The van der Waals surface area contributed by atoms with Crippen LogP contribution in [0, 0.1) is 0 Å². The van der Waals surface area contributed by atoms with Crippen LogP contribution in [-0.2, 0) is 22.7 Å². The molecule has 4 aromatic rings. The first kappa shape index (κ1) is 32.7. The fraction of sp³-hybridized carbons (Fsp3) is 0.243. The van der Waals surface area contributed by atoms with Gasteiger partial charge in [-0.15, -0.1) is 0 Å². The average Bonchev–Trinajstić information content (AvgIpc) is 3.06. The molecule has 0 radical (unpaired) electrons. The molecule has 0 spiro atoms. The molecule has 0 unspecified atom stereocenters. The average molecular weight is 603 g/mol. The van der Waals surface area contributed by atoms with E-state index in [1.165, 1.54) is 0 Å². The molecule has 8 nitrogen and oxygen atoms in total. The minimum atomic E-state index is -0.163. The van der Waals surface area contributed by atoms with Gasteiger partial charge >= 0.3 is 0 Å². The molecule has 0 aliphatic carbocycles. The summed E-state index contributed by atoms with van der Waals surface area (Å²) in [5.74, 6) is -0.325. The minimum Gasteiger partial charge on any atom is -0.343 e. The van der Waals surface area contributed by atoms with Gasteiger partial charge in [0.05, 0.1) is 13.1 Å². The Morgan fingerprint density at radius 3 is 1.11 bits per heavy atom. The van der Waals surface area contributed by atoms with Gasteiger partial charge < -0.3 is 9.80 Å². The highest BCUT2D eigenvalue weighted by Crippen LogP contribution is 2.14. The molecule has 0 saturated carbocycles. The monoisotopic (exact) mass is 602 g/mol. The van der Waals surface area contributed by atoms with Gasteiger partial charge in [-0.1, -0.05) is 121 Å². The van der Waals surface area contributed by atoms with Gasteiger partial charge in [0.1, 0.15) is 0 Å². The number of amides is 2. The Labute approximate surface area is 266 Å². The van der Waals surface area contributed by atoms with Crippen LogP contribution in [0.15, 0.2) is 132 Å². The molecular weight excluding hydrogens is 560 g/mol. The van der Waals surface area contributed by atoms with Crippen LogP contribution in [0.25, 0.3) is 0 Å². The van der Waals surface area contributed by atoms with E-state index in [1.54, 1.807) is 38.0 Å². The fourth-order valence-electron chi connectivity index (χ4n) is 4.70. The Bertz CT molecular complexity index is 1440. The lowest BCUT2D eigenvalue weighted by Crippen LogP contribution is -2.34. The van der Waals surface area contributed by atoms with Crippen LogP contribution in [0.2, 0.25) is 0 Å². The van der Waals surface area contributed by atoms with E-state index in [0.717, 1.165) is 22.3 Å². The van der Waals surface area contributed by atoms with Crippen molar-refractivity contribution >= 4 is 23.2 Å². The number of benzene rings is 4. The van der Waals surface area contributed by atoms with Crippen molar-refractivity contribution in [3.8, 4) is 0 Å². The molecule has 232 valence electrons. The molecule has 0 bridgehead atoms. The van der Waals surface area contributed by atoms with E-state index in [-0.39, 0.29) is 11.8 Å². The van der Waals surface area contributed by atoms with Gasteiger partial charge in [-0.25, -0.2) is 0 Å². The molecule has 4 aromatic carbocycles. The van der Waals surface area contributed by atoms with Crippen LogP contribution in [0.5, 0.6) is 0 Å². The second kappa shape index (κ2) is 16.6. The normalized spacial score (nSPS) is 11.6. The Morgan fingerprint density at radius 2 is 0.800 bits per heavy atom. The number of rotatable bonds is 14. The minimum absolute atomic E-state index is 0.163. The third kappa shape index (κ3) is 9.89. The van der Waals surface area contributed by atoms with E-state index in [0.29, 0.717) is 44.0 Å². The van der Waals surface area contributed by atoms with E-state index in [4.69, 9.17) is 10.2 Å². The second-order valence-electron chi connectivity index (χ2n) is 11.1. The molecule has 0 aliphatic rings. The fourth-order valence-corrected chi connectivity index (χ4v) is 4.70. The van der Waals surface area contributed by atoms with E-state index in [1.807, 2.05) is 107 Å². The predicted octanol–water partition coefficient (Wildman–Crippen LogP) is 5.37. The first-order chi connectivity index (χ1) is 21.8. The van der Waals surface area contributed by atoms with Crippen LogP contribution in [0.1, 0.15) is 28.7 Å². The zero-order chi connectivity index (χ0) is 32.0. The summed E-state index contributed by atoms with van der Waals surface area (Å²) in [6.45, 7) is 2.20. The number of nitrogens with zero attached hydrogens (tertiary/aromatic N) is 6. The zero-order valence-electron chi connectivity index (χ0n) is 26.6. The lowest BCUT2D eigenvalue weighted by molar-refractivity contribution is -0.122. The van der Waals surface area contributed by atoms with Crippen molar-refractivity contribution in [1.29, 1.82) is 0 Å². The smallest absolute Gasteiger partial charge is 0.274 e. The van der Waals surface area contributed by atoms with Crippen LogP contribution >= 0.6 is 0 Å². The lowest BCUT2D eigenvalue weighted by Gasteiger charge is -2.25. The van der Waals surface area contributed by atoms with Gasteiger partial charge in [-0.3, -0.25) is 19.6 Å². The van der Waals surface area contributed by atoms with Gasteiger partial charge in [-0.05, 0) is 17.5 Å². The lowest BCUT2D eigenvalue weighted by atomic mass is 10.1. The third-order valence-corrected chi connectivity index (χ3v) is 7.04. The number of hydrogen-bond donors (Lipinski definition) is 0. The molecule has 8 heteroatoms. The number of carbonyl (C=O) groups excluding carboxylic acids is 2. The van der Waals surface area contributed by atoms with Gasteiger partial charge in [0, 0.05) is 52.4 Å². The van der Waals surface area contributed by atoms with Crippen molar-refractivity contribution in [2.45, 2.75) is 19.5 Å². The van der Waals surface area contributed by atoms with Crippen molar-refractivity contribution in [1.82, 2.24) is 19.8 Å². The Balaban J connectivity index is 1.65. The summed E-state index contributed by atoms with van der Waals surface area (Å²) in [5.41, 5.74) is 4.48. The Kier molecular flexibility index (Phi) is 12.0. The molecule has 0 heterocycles. The van der Waals surface area contributed by atoms with Crippen molar-refractivity contribution < 1.29 is 9.59 Å². The van der Waals surface area contributed by atoms with Crippen LogP contribution in [-0.4, -0.2) is 84.3 Å². The SMILES string of the molecule is CN(C)C(=O)/C(=N\N(CCCN(Cc1ccccc1)/N=C(\C(=O)N(C)C)c1ccccc1)Cc1ccccc1)c1ccccc1. The standard InChI is InChI=1S/C37H42N6O2/c1-40(2)36(44)34(32-22-13-7-14-23-32)38-42(28-30-18-9-5-10-19-30)26-17-27-43(29-31-20-11-6-12-21-31)39-35(37(45)41(3)4)33-24-15-8-16-25-33/h5-16,18-25H,17,26-29H2,1-4H3/b38-34-,39-35-. The molecule has 0 fully saturated rings. The Hall–Kier alpha value is -5.24. The van der Waals surface area contributed by atoms with Crippen molar-refractivity contribution in [3.05, 3.63) is 144 Å². The third-order valence-electron chi connectivity index (χ3n) is 7.04. The van der Waals surface area contributed by atoms with E-state index < -0.39 is 0 Å². The van der Waals surface area contributed by atoms with E-state index in [2.05, 4.69) is 24.3 Å². The first-order valence-corrected chi connectivity index (χ1v) is 15.1. The maximum absolute atomic E-state index is 13.3.